The molecule has 2 N–H and O–H groups in total. The van der Waals surface area contributed by atoms with Crippen LogP contribution >= 0.6 is 11.8 Å². The van der Waals surface area contributed by atoms with Crippen LogP contribution in [0, 0.1) is 0 Å². The minimum absolute atomic E-state index is 0.0180. The van der Waals surface area contributed by atoms with Crippen LogP contribution in [0.25, 0.3) is 12.0 Å². The molecule has 0 saturated carbocycles. The summed E-state index contributed by atoms with van der Waals surface area (Å²) in [7, 11) is 0. The summed E-state index contributed by atoms with van der Waals surface area (Å²) in [5.41, 5.74) is 5.29. The van der Waals surface area contributed by atoms with E-state index in [1.807, 2.05) is 20.1 Å². The first kappa shape index (κ1) is 16.2. The molecule has 0 spiro atoms. The lowest BCUT2D eigenvalue weighted by Gasteiger charge is -2.11. The molecule has 2 amide bonds. The van der Waals surface area contributed by atoms with Crippen molar-refractivity contribution in [3.05, 3.63) is 22.1 Å². The Hall–Kier alpha value is -1.89. The second-order valence-corrected chi connectivity index (χ2v) is 5.14. The zero-order valence-corrected chi connectivity index (χ0v) is 12.8. The minimum Gasteiger partial charge on any atom is -0.274 e. The maximum absolute atomic E-state index is 12.1. The molecule has 0 saturated heterocycles. The van der Waals surface area contributed by atoms with Gasteiger partial charge >= 0.3 is 0 Å². The Morgan fingerprint density at radius 2 is 1.95 bits per heavy atom. The molecule has 0 aromatic carbocycles. The van der Waals surface area contributed by atoms with Crippen LogP contribution in [0.5, 0.6) is 0 Å². The van der Waals surface area contributed by atoms with Crippen molar-refractivity contribution < 1.29 is 9.59 Å². The Morgan fingerprint density at radius 1 is 1.30 bits per heavy atom. The monoisotopic (exact) mass is 294 g/mol. The molecule has 0 aliphatic heterocycles. The Bertz CT molecular complexity index is 628. The van der Waals surface area contributed by atoms with Crippen molar-refractivity contribution in [3.63, 3.8) is 0 Å². The van der Waals surface area contributed by atoms with Crippen LogP contribution < -0.4 is 21.5 Å². The smallest absolute Gasteiger partial charge is 0.274 e. The summed E-state index contributed by atoms with van der Waals surface area (Å²) in [4.78, 5) is 31.6. The number of aromatic nitrogens is 2. The second-order valence-electron chi connectivity index (χ2n) is 4.43. The van der Waals surface area contributed by atoms with Gasteiger partial charge in [0.2, 0.25) is 5.91 Å². The average molecular weight is 294 g/mol. The molecule has 1 heterocycles. The van der Waals surface area contributed by atoms with E-state index in [-0.39, 0.29) is 17.5 Å². The summed E-state index contributed by atoms with van der Waals surface area (Å²) in [5.74, 6) is -0.835. The lowest BCUT2D eigenvalue weighted by atomic mass is 10.1. The van der Waals surface area contributed by atoms with Crippen LogP contribution in [-0.4, -0.2) is 28.0 Å². The van der Waals surface area contributed by atoms with E-state index < -0.39 is 5.91 Å². The number of rotatable bonds is 3. The number of nitrogens with one attached hydrogen (secondary N) is 2. The Morgan fingerprint density at radius 3 is 2.45 bits per heavy atom. The van der Waals surface area contributed by atoms with E-state index in [4.69, 9.17) is 0 Å². The fourth-order valence-electron chi connectivity index (χ4n) is 1.48. The average Bonchev–Trinajstić information content (AvgIpc) is 2.37. The van der Waals surface area contributed by atoms with E-state index in [2.05, 4.69) is 27.4 Å². The molecular formula is C13H18N4O2S. The molecule has 1 aromatic heterocycles. The van der Waals surface area contributed by atoms with E-state index in [0.29, 0.717) is 16.4 Å². The van der Waals surface area contributed by atoms with E-state index in [1.165, 1.54) is 18.7 Å². The van der Waals surface area contributed by atoms with Crippen LogP contribution in [0.4, 0.5) is 0 Å². The molecule has 0 atom stereocenters. The third kappa shape index (κ3) is 4.06. The zero-order valence-electron chi connectivity index (χ0n) is 12.0. The van der Waals surface area contributed by atoms with Gasteiger partial charge in [-0.25, -0.2) is 9.97 Å². The van der Waals surface area contributed by atoms with Crippen LogP contribution in [0.1, 0.15) is 42.9 Å². The molecule has 0 unspecified atom stereocenters. The van der Waals surface area contributed by atoms with Gasteiger partial charge in [0.25, 0.3) is 5.91 Å². The molecule has 0 bridgehead atoms. The number of carbonyl (C=O) groups is 2. The van der Waals surface area contributed by atoms with E-state index in [1.54, 1.807) is 5.41 Å². The van der Waals surface area contributed by atoms with Crippen LogP contribution in [-0.2, 0) is 4.79 Å². The Labute approximate surface area is 121 Å². The standard InChI is InChI=1S/C13H18N4O2S/c1-7(2)11-12(13(19)17-16-9(4)18)15-10(6-20-5)8(3)14-11/h6-7H,3H2,1-2,4-5H3,(H,16,18)(H,17,19). The molecule has 108 valence electrons. The van der Waals surface area contributed by atoms with Gasteiger partial charge in [0, 0.05) is 6.92 Å². The predicted molar refractivity (Wildman–Crippen MR) is 80.2 cm³/mol. The van der Waals surface area contributed by atoms with E-state index in [0.717, 1.165) is 0 Å². The fourth-order valence-corrected chi connectivity index (χ4v) is 1.89. The highest BCUT2D eigenvalue weighted by Crippen LogP contribution is 2.12. The Balaban J connectivity index is 3.31. The SMILES string of the molecule is C=c1nc(C(C)C)c(C(=O)NNC(C)=O)nc1=CSC. The first-order valence-electron chi connectivity index (χ1n) is 6.03. The first-order valence-corrected chi connectivity index (χ1v) is 7.32. The fraction of sp³-hybridized carbons (Fsp3) is 0.385. The number of hydrogen-bond acceptors (Lipinski definition) is 5. The number of thioether (sulfide) groups is 1. The van der Waals surface area contributed by atoms with Gasteiger partial charge in [-0.3, -0.25) is 20.4 Å². The van der Waals surface area contributed by atoms with Gasteiger partial charge in [0.1, 0.15) is 0 Å². The van der Waals surface area contributed by atoms with Crippen LogP contribution in [0.15, 0.2) is 0 Å². The molecule has 20 heavy (non-hydrogen) atoms. The summed E-state index contributed by atoms with van der Waals surface area (Å²) in [6.07, 6.45) is 1.88. The third-order valence-electron chi connectivity index (χ3n) is 2.37. The van der Waals surface area contributed by atoms with Gasteiger partial charge in [0.05, 0.1) is 16.4 Å². The lowest BCUT2D eigenvalue weighted by Crippen LogP contribution is -2.43. The lowest BCUT2D eigenvalue weighted by molar-refractivity contribution is -0.119. The number of amides is 2. The Kier molecular flexibility index (Phi) is 5.69. The van der Waals surface area contributed by atoms with Gasteiger partial charge < -0.3 is 0 Å². The predicted octanol–water partition coefficient (Wildman–Crippen LogP) is -0.108. The molecule has 0 fully saturated rings. The van der Waals surface area contributed by atoms with Crippen molar-refractivity contribution in [2.24, 2.45) is 0 Å². The summed E-state index contributed by atoms with van der Waals surface area (Å²) in [6.45, 7) is 8.97. The molecule has 1 rings (SSSR count). The summed E-state index contributed by atoms with van der Waals surface area (Å²) in [6, 6.07) is 0. The second kappa shape index (κ2) is 7.04. The summed E-state index contributed by atoms with van der Waals surface area (Å²) < 4.78 is 0. The molecule has 0 aliphatic carbocycles. The van der Waals surface area contributed by atoms with Crippen molar-refractivity contribution in [2.75, 3.05) is 6.26 Å². The highest BCUT2D eigenvalue weighted by molar-refractivity contribution is 8.05. The molecule has 0 aliphatic rings. The summed E-state index contributed by atoms with van der Waals surface area (Å²) in [5, 5.41) is 2.85. The van der Waals surface area contributed by atoms with Gasteiger partial charge in [0.15, 0.2) is 5.69 Å². The highest BCUT2D eigenvalue weighted by atomic mass is 32.2. The molecule has 6 nitrogen and oxygen atoms in total. The number of carbonyl (C=O) groups excluding carboxylic acids is 2. The molecule has 7 heteroatoms. The van der Waals surface area contributed by atoms with E-state index in [9.17, 15) is 9.59 Å². The molecule has 0 radical (unpaired) electrons. The van der Waals surface area contributed by atoms with Gasteiger partial charge in [-0.15, -0.1) is 11.8 Å². The quantitative estimate of drug-likeness (QED) is 0.760. The molecule has 1 aromatic rings. The normalized spacial score (nSPS) is 11.6. The van der Waals surface area contributed by atoms with Crippen molar-refractivity contribution in [1.82, 2.24) is 20.8 Å². The minimum atomic E-state index is -0.493. The maximum atomic E-state index is 12.1. The summed E-state index contributed by atoms with van der Waals surface area (Å²) >= 11 is 1.45. The largest absolute Gasteiger partial charge is 0.290 e. The third-order valence-corrected chi connectivity index (χ3v) is 2.83. The number of nitrogens with zero attached hydrogens (tertiary/aromatic N) is 2. The van der Waals surface area contributed by atoms with Crippen LogP contribution in [0.2, 0.25) is 0 Å². The van der Waals surface area contributed by atoms with E-state index >= 15 is 0 Å². The molecular weight excluding hydrogens is 276 g/mol. The van der Waals surface area contributed by atoms with Crippen molar-refractivity contribution in [2.45, 2.75) is 26.7 Å². The first-order chi connectivity index (χ1) is 9.36. The van der Waals surface area contributed by atoms with Crippen LogP contribution in [0.3, 0.4) is 0 Å². The maximum Gasteiger partial charge on any atom is 0.290 e. The van der Waals surface area contributed by atoms with Gasteiger partial charge in [-0.2, -0.15) is 0 Å². The van der Waals surface area contributed by atoms with Crippen molar-refractivity contribution in [1.29, 1.82) is 0 Å². The van der Waals surface area contributed by atoms with Crippen molar-refractivity contribution >= 4 is 35.6 Å². The number of hydrazine groups is 1. The highest BCUT2D eigenvalue weighted by Gasteiger charge is 2.17. The van der Waals surface area contributed by atoms with Gasteiger partial charge in [-0.1, -0.05) is 20.4 Å². The van der Waals surface area contributed by atoms with Gasteiger partial charge in [-0.05, 0) is 17.6 Å². The van der Waals surface area contributed by atoms with Crippen molar-refractivity contribution in [3.8, 4) is 0 Å². The number of hydrogen-bond donors (Lipinski definition) is 2. The zero-order chi connectivity index (χ0) is 15.3. The topological polar surface area (TPSA) is 84.0 Å².